The molecule has 0 atom stereocenters. The van der Waals surface area contributed by atoms with Crippen molar-refractivity contribution in [3.8, 4) is 17.0 Å². The van der Waals surface area contributed by atoms with Crippen molar-refractivity contribution < 1.29 is 13.9 Å². The number of hydrogen-bond donors (Lipinski definition) is 1. The maximum atomic E-state index is 13.5. The van der Waals surface area contributed by atoms with Crippen molar-refractivity contribution in [1.29, 1.82) is 0 Å². The van der Waals surface area contributed by atoms with Gasteiger partial charge < -0.3 is 9.15 Å². The van der Waals surface area contributed by atoms with Crippen molar-refractivity contribution in [2.24, 2.45) is 4.99 Å². The summed E-state index contributed by atoms with van der Waals surface area (Å²) in [5.41, 5.74) is 7.63. The molecule has 0 saturated carbocycles. The Kier molecular flexibility index (Phi) is 6.52. The molecule has 0 bridgehead atoms. The van der Waals surface area contributed by atoms with Crippen LogP contribution in [0.4, 0.5) is 10.8 Å². The number of carbonyl (C=O) groups is 1. The van der Waals surface area contributed by atoms with E-state index in [1.807, 2.05) is 54.8 Å². The lowest BCUT2D eigenvalue weighted by Crippen LogP contribution is -2.21. The summed E-state index contributed by atoms with van der Waals surface area (Å²) < 4.78 is 11.6. The highest BCUT2D eigenvalue weighted by Gasteiger charge is 2.17. The number of benzene rings is 3. The van der Waals surface area contributed by atoms with Crippen LogP contribution in [0.15, 0.2) is 81.5 Å². The zero-order valence-corrected chi connectivity index (χ0v) is 22.1. The smallest absolute Gasteiger partial charge is 0.262 e. The Bertz CT molecular complexity index is 1720. The molecule has 0 fully saturated rings. The Labute approximate surface area is 224 Å². The van der Waals surface area contributed by atoms with Crippen molar-refractivity contribution in [2.75, 3.05) is 12.4 Å². The quantitative estimate of drug-likeness (QED) is 0.265. The molecule has 0 aliphatic heterocycles. The van der Waals surface area contributed by atoms with Crippen LogP contribution in [0.2, 0.25) is 0 Å². The molecule has 0 unspecified atom stereocenters. The summed E-state index contributed by atoms with van der Waals surface area (Å²) in [4.78, 5) is 22.9. The van der Waals surface area contributed by atoms with Crippen LogP contribution in [0, 0.1) is 6.92 Å². The number of aryl methyl sites for hydroxylation is 3. The molecule has 5 aromatic rings. The number of rotatable bonds is 5. The number of thiazole rings is 1. The number of aromatic nitrogens is 1. The standard InChI is InChI=1S/C31H27N3O3S/c1-19-10-14-24(15-11-19)32-30-25(17-23-8-5-9-27(36-2)28(23)37-30)29(35)34-31-33-26(18-38-31)22-13-12-20-6-3-4-7-21(20)16-22/h5,8-18H,3-4,6-7H2,1-2H3,(H,33,34,35). The number of amides is 1. The second-order valence-electron chi connectivity index (χ2n) is 9.47. The lowest BCUT2D eigenvalue weighted by molar-refractivity contribution is 0.102. The van der Waals surface area contributed by atoms with Gasteiger partial charge in [0.1, 0.15) is 5.56 Å². The zero-order chi connectivity index (χ0) is 26.1. The van der Waals surface area contributed by atoms with Crippen LogP contribution in [-0.2, 0) is 12.8 Å². The summed E-state index contributed by atoms with van der Waals surface area (Å²) in [6.45, 7) is 2.01. The number of nitrogens with one attached hydrogen (secondary N) is 1. The minimum Gasteiger partial charge on any atom is -0.493 e. The average molecular weight is 522 g/mol. The van der Waals surface area contributed by atoms with Crippen LogP contribution in [0.5, 0.6) is 5.75 Å². The fourth-order valence-electron chi connectivity index (χ4n) is 4.79. The average Bonchev–Trinajstić information content (AvgIpc) is 3.41. The second-order valence-corrected chi connectivity index (χ2v) is 10.3. The summed E-state index contributed by atoms with van der Waals surface area (Å²) in [5, 5.41) is 6.20. The predicted octanol–water partition coefficient (Wildman–Crippen LogP) is 7.24. The van der Waals surface area contributed by atoms with Crippen molar-refractivity contribution in [1.82, 2.24) is 4.98 Å². The third-order valence-corrected chi connectivity index (χ3v) is 7.59. The minimum absolute atomic E-state index is 0.204. The van der Waals surface area contributed by atoms with E-state index in [-0.39, 0.29) is 11.5 Å². The molecule has 0 saturated heterocycles. The summed E-state index contributed by atoms with van der Waals surface area (Å²) in [5.74, 6) is 0.236. The Morgan fingerprint density at radius 1 is 1.03 bits per heavy atom. The van der Waals surface area contributed by atoms with E-state index in [9.17, 15) is 4.79 Å². The highest BCUT2D eigenvalue weighted by molar-refractivity contribution is 7.14. The van der Waals surface area contributed by atoms with Crippen molar-refractivity contribution in [3.05, 3.63) is 99.9 Å². The minimum atomic E-state index is -0.337. The van der Waals surface area contributed by atoms with Crippen LogP contribution >= 0.6 is 11.3 Å². The summed E-state index contributed by atoms with van der Waals surface area (Å²) in [6, 6.07) is 21.6. The van der Waals surface area contributed by atoms with Crippen LogP contribution in [0.25, 0.3) is 22.2 Å². The molecule has 1 aliphatic carbocycles. The Morgan fingerprint density at radius 3 is 2.66 bits per heavy atom. The number of nitrogens with zero attached hydrogens (tertiary/aromatic N) is 2. The van der Waals surface area contributed by atoms with Gasteiger partial charge in [-0.15, -0.1) is 11.3 Å². The molecule has 190 valence electrons. The van der Waals surface area contributed by atoms with Crippen LogP contribution in [-0.4, -0.2) is 18.0 Å². The molecule has 2 heterocycles. The maximum Gasteiger partial charge on any atom is 0.262 e. The van der Waals surface area contributed by atoms with Crippen LogP contribution in [0.1, 0.15) is 39.9 Å². The first kappa shape index (κ1) is 24.1. The number of fused-ring (bicyclic) bond motifs is 2. The van der Waals surface area contributed by atoms with E-state index < -0.39 is 0 Å². The highest BCUT2D eigenvalue weighted by atomic mass is 32.1. The zero-order valence-electron chi connectivity index (χ0n) is 21.3. The summed E-state index contributed by atoms with van der Waals surface area (Å²) >= 11 is 1.40. The highest BCUT2D eigenvalue weighted by Crippen LogP contribution is 2.30. The van der Waals surface area contributed by atoms with Crippen molar-refractivity contribution in [3.63, 3.8) is 0 Å². The fourth-order valence-corrected chi connectivity index (χ4v) is 5.50. The number of methoxy groups -OCH3 is 1. The monoisotopic (exact) mass is 521 g/mol. The van der Waals surface area contributed by atoms with Crippen LogP contribution in [0.3, 0.4) is 0 Å². The molecule has 2 aromatic heterocycles. The first-order chi connectivity index (χ1) is 18.6. The Morgan fingerprint density at radius 2 is 1.84 bits per heavy atom. The third kappa shape index (κ3) is 4.85. The van der Waals surface area contributed by atoms with Crippen LogP contribution < -0.4 is 15.6 Å². The molecule has 6 rings (SSSR count). The van der Waals surface area contributed by atoms with E-state index in [1.54, 1.807) is 13.2 Å². The van der Waals surface area contributed by atoms with E-state index in [4.69, 9.17) is 14.1 Å². The van der Waals surface area contributed by atoms with Gasteiger partial charge in [-0.2, -0.15) is 0 Å². The first-order valence-corrected chi connectivity index (χ1v) is 13.6. The van der Waals surface area contributed by atoms with Gasteiger partial charge in [-0.25, -0.2) is 9.98 Å². The third-order valence-electron chi connectivity index (χ3n) is 6.84. The molecule has 38 heavy (non-hydrogen) atoms. The van der Waals surface area contributed by atoms with Gasteiger partial charge >= 0.3 is 0 Å². The van der Waals surface area contributed by atoms with Gasteiger partial charge in [0.25, 0.3) is 5.91 Å². The number of carbonyl (C=O) groups excluding carboxylic acids is 1. The van der Waals surface area contributed by atoms with Gasteiger partial charge in [0.05, 0.1) is 18.5 Å². The van der Waals surface area contributed by atoms with Crippen molar-refractivity contribution in [2.45, 2.75) is 32.6 Å². The molecule has 1 N–H and O–H groups in total. The summed E-state index contributed by atoms with van der Waals surface area (Å²) in [7, 11) is 1.59. The molecule has 6 nitrogen and oxygen atoms in total. The molecule has 0 spiro atoms. The lowest BCUT2D eigenvalue weighted by Gasteiger charge is -2.16. The maximum absolute atomic E-state index is 13.5. The first-order valence-electron chi connectivity index (χ1n) is 12.7. The molecular formula is C31H27N3O3S. The predicted molar refractivity (Wildman–Crippen MR) is 151 cm³/mol. The van der Waals surface area contributed by atoms with Gasteiger partial charge in [0.2, 0.25) is 5.55 Å². The molecule has 1 aliphatic rings. The normalized spacial score (nSPS) is 13.4. The largest absolute Gasteiger partial charge is 0.493 e. The van der Waals surface area contributed by atoms with Gasteiger partial charge in [-0.3, -0.25) is 10.1 Å². The van der Waals surface area contributed by atoms with E-state index in [2.05, 4.69) is 28.5 Å². The van der Waals surface area contributed by atoms with Gasteiger partial charge in [0.15, 0.2) is 16.5 Å². The van der Waals surface area contributed by atoms with Gasteiger partial charge in [0, 0.05) is 16.3 Å². The molecule has 0 radical (unpaired) electrons. The fraction of sp³-hybridized carbons (Fsp3) is 0.194. The number of para-hydroxylation sites is 1. The molecular weight excluding hydrogens is 494 g/mol. The number of hydrogen-bond acceptors (Lipinski definition) is 6. The van der Waals surface area contributed by atoms with E-state index in [1.165, 1.54) is 35.3 Å². The molecule has 3 aromatic carbocycles. The van der Waals surface area contributed by atoms with Gasteiger partial charge in [-0.05, 0) is 74.1 Å². The Hall–Kier alpha value is -4.23. The molecule has 7 heteroatoms. The molecule has 1 amide bonds. The SMILES string of the molecule is COc1cccc2cc(C(=O)Nc3nc(-c4ccc5c(c4)CCCC5)cs3)c(=Nc3ccc(C)cc3)oc12. The van der Waals surface area contributed by atoms with E-state index in [0.29, 0.717) is 27.7 Å². The Balaban J connectivity index is 1.35. The van der Waals surface area contributed by atoms with Gasteiger partial charge in [-0.1, -0.05) is 42.0 Å². The second kappa shape index (κ2) is 10.3. The topological polar surface area (TPSA) is 76.7 Å². The van der Waals surface area contributed by atoms with E-state index >= 15 is 0 Å². The number of ether oxygens (including phenoxy) is 1. The van der Waals surface area contributed by atoms with E-state index in [0.717, 1.165) is 35.0 Å². The number of anilines is 1. The van der Waals surface area contributed by atoms with Crippen molar-refractivity contribution >= 4 is 39.0 Å². The lowest BCUT2D eigenvalue weighted by atomic mass is 9.90. The summed E-state index contributed by atoms with van der Waals surface area (Å²) in [6.07, 6.45) is 4.74.